The molecule has 1 fully saturated rings. The number of methoxy groups -OCH3 is 1. The number of ether oxygens (including phenoxy) is 1. The van der Waals surface area contributed by atoms with Crippen LogP contribution in [-0.4, -0.2) is 67.9 Å². The van der Waals surface area contributed by atoms with Crippen LogP contribution in [0.5, 0.6) is 5.88 Å². The molecule has 0 radical (unpaired) electrons. The molecule has 29 heavy (non-hydrogen) atoms. The van der Waals surface area contributed by atoms with E-state index in [-0.39, 0.29) is 16.3 Å². The number of sulfonamides is 1. The number of benzene rings is 1. The Hall–Kier alpha value is -2.76. The molecular formula is C18H23N5O5S. The zero-order valence-electron chi connectivity index (χ0n) is 16.2. The predicted octanol–water partition coefficient (Wildman–Crippen LogP) is 1.55. The maximum atomic E-state index is 12.9. The third-order valence-corrected chi connectivity index (χ3v) is 6.65. The molecule has 1 aliphatic heterocycles. The maximum absolute atomic E-state index is 12.9. The summed E-state index contributed by atoms with van der Waals surface area (Å²) < 4.78 is 32.2. The lowest BCUT2D eigenvalue weighted by Gasteiger charge is -2.31. The Morgan fingerprint density at radius 2 is 1.93 bits per heavy atom. The molecule has 1 aromatic carbocycles. The Bertz CT molecular complexity index is 990. The van der Waals surface area contributed by atoms with E-state index in [1.807, 2.05) is 11.9 Å². The number of hydrogen-bond acceptors (Lipinski definition) is 8. The van der Waals surface area contributed by atoms with Crippen LogP contribution in [0, 0.1) is 10.1 Å². The van der Waals surface area contributed by atoms with E-state index in [1.54, 1.807) is 18.3 Å². The van der Waals surface area contributed by atoms with Crippen molar-refractivity contribution in [2.45, 2.75) is 11.4 Å². The van der Waals surface area contributed by atoms with Gasteiger partial charge in [0.2, 0.25) is 15.9 Å². The summed E-state index contributed by atoms with van der Waals surface area (Å²) in [4.78, 5) is 16.9. The van der Waals surface area contributed by atoms with Crippen LogP contribution in [0.25, 0.3) is 0 Å². The number of pyridine rings is 1. The van der Waals surface area contributed by atoms with Gasteiger partial charge in [-0.15, -0.1) is 0 Å². The first kappa shape index (κ1) is 21.0. The molecule has 10 nitrogen and oxygen atoms in total. The molecule has 0 bridgehead atoms. The largest absolute Gasteiger partial charge is 0.481 e. The summed E-state index contributed by atoms with van der Waals surface area (Å²) in [5, 5.41) is 14.5. The van der Waals surface area contributed by atoms with E-state index in [2.05, 4.69) is 10.3 Å². The molecule has 1 N–H and O–H groups in total. The molecule has 0 amide bonds. The number of nitro benzene ring substituents is 1. The number of aromatic nitrogens is 1. The summed E-state index contributed by atoms with van der Waals surface area (Å²) in [7, 11) is -0.357. The molecule has 0 aliphatic carbocycles. The van der Waals surface area contributed by atoms with Crippen molar-refractivity contribution in [1.29, 1.82) is 0 Å². The number of nitrogens with zero attached hydrogens (tertiary/aromatic N) is 4. The second-order valence-corrected chi connectivity index (χ2v) is 8.64. The molecule has 1 aliphatic rings. The van der Waals surface area contributed by atoms with Crippen molar-refractivity contribution in [2.75, 3.05) is 45.7 Å². The van der Waals surface area contributed by atoms with Crippen LogP contribution >= 0.6 is 0 Å². The van der Waals surface area contributed by atoms with Crippen LogP contribution in [0.4, 0.5) is 11.4 Å². The van der Waals surface area contributed by atoms with Gasteiger partial charge in [-0.25, -0.2) is 13.4 Å². The van der Waals surface area contributed by atoms with Crippen molar-refractivity contribution >= 4 is 21.4 Å². The molecule has 1 aromatic heterocycles. The van der Waals surface area contributed by atoms with E-state index in [0.29, 0.717) is 38.6 Å². The van der Waals surface area contributed by atoms with Gasteiger partial charge in [0, 0.05) is 51.1 Å². The Kier molecular flexibility index (Phi) is 6.30. The number of nitro groups is 1. The first-order valence-corrected chi connectivity index (χ1v) is 10.4. The highest BCUT2D eigenvalue weighted by Gasteiger charge is 2.29. The Labute approximate surface area is 169 Å². The van der Waals surface area contributed by atoms with Crippen molar-refractivity contribution in [3.8, 4) is 5.88 Å². The number of likely N-dealkylation sites (N-methyl/N-ethyl adjacent to an activating group) is 1. The van der Waals surface area contributed by atoms with Crippen molar-refractivity contribution in [3.63, 3.8) is 0 Å². The number of hydrogen-bond donors (Lipinski definition) is 1. The lowest BCUT2D eigenvalue weighted by atomic mass is 10.2. The molecule has 0 unspecified atom stereocenters. The van der Waals surface area contributed by atoms with Crippen LogP contribution in [0.15, 0.2) is 41.4 Å². The lowest BCUT2D eigenvalue weighted by Crippen LogP contribution is -2.47. The van der Waals surface area contributed by atoms with Gasteiger partial charge in [0.25, 0.3) is 5.69 Å². The van der Waals surface area contributed by atoms with Gasteiger partial charge in [0.05, 0.1) is 16.9 Å². The second-order valence-electron chi connectivity index (χ2n) is 6.70. The van der Waals surface area contributed by atoms with E-state index in [0.717, 1.165) is 11.6 Å². The minimum atomic E-state index is -3.78. The molecule has 1 saturated heterocycles. The SMILES string of the molecule is COc1cc(CNc2ccc(S(=O)(=O)N3CCN(C)CC3)cc2[N+](=O)[O-])ccn1. The molecule has 156 valence electrons. The van der Waals surface area contributed by atoms with Gasteiger partial charge in [-0.05, 0) is 30.8 Å². The minimum Gasteiger partial charge on any atom is -0.481 e. The van der Waals surface area contributed by atoms with Gasteiger partial charge in [0.1, 0.15) is 5.69 Å². The first-order chi connectivity index (χ1) is 13.8. The van der Waals surface area contributed by atoms with Crippen molar-refractivity contribution < 1.29 is 18.1 Å². The van der Waals surface area contributed by atoms with Gasteiger partial charge in [-0.3, -0.25) is 10.1 Å². The molecule has 0 atom stereocenters. The van der Waals surface area contributed by atoms with Gasteiger partial charge in [-0.1, -0.05) is 0 Å². The van der Waals surface area contributed by atoms with Gasteiger partial charge < -0.3 is 15.0 Å². The summed E-state index contributed by atoms with van der Waals surface area (Å²) >= 11 is 0. The smallest absolute Gasteiger partial charge is 0.293 e. The van der Waals surface area contributed by atoms with Crippen LogP contribution in [0.1, 0.15) is 5.56 Å². The summed E-state index contributed by atoms with van der Waals surface area (Å²) in [6.07, 6.45) is 1.58. The molecule has 2 heterocycles. The monoisotopic (exact) mass is 421 g/mol. The van der Waals surface area contributed by atoms with Crippen LogP contribution in [0.3, 0.4) is 0 Å². The van der Waals surface area contributed by atoms with E-state index in [9.17, 15) is 18.5 Å². The van der Waals surface area contributed by atoms with Crippen molar-refractivity contribution in [3.05, 3.63) is 52.2 Å². The van der Waals surface area contributed by atoms with Crippen molar-refractivity contribution in [2.24, 2.45) is 0 Å². The fourth-order valence-corrected chi connectivity index (χ4v) is 4.46. The fourth-order valence-electron chi connectivity index (χ4n) is 3.02. The zero-order chi connectivity index (χ0) is 21.0. The highest BCUT2D eigenvalue weighted by molar-refractivity contribution is 7.89. The predicted molar refractivity (Wildman–Crippen MR) is 107 cm³/mol. The lowest BCUT2D eigenvalue weighted by molar-refractivity contribution is -0.384. The van der Waals surface area contributed by atoms with Crippen LogP contribution in [0.2, 0.25) is 0 Å². The van der Waals surface area contributed by atoms with E-state index < -0.39 is 14.9 Å². The fraction of sp³-hybridized carbons (Fsp3) is 0.389. The van der Waals surface area contributed by atoms with Gasteiger partial charge >= 0.3 is 0 Å². The van der Waals surface area contributed by atoms with Gasteiger partial charge in [0.15, 0.2) is 0 Å². The highest BCUT2D eigenvalue weighted by Crippen LogP contribution is 2.30. The minimum absolute atomic E-state index is 0.0788. The molecule has 0 saturated carbocycles. The van der Waals surface area contributed by atoms with E-state index >= 15 is 0 Å². The highest BCUT2D eigenvalue weighted by atomic mass is 32.2. The first-order valence-electron chi connectivity index (χ1n) is 9.01. The summed E-state index contributed by atoms with van der Waals surface area (Å²) in [5.41, 5.74) is 0.768. The standard InChI is InChI=1S/C18H23N5O5S/c1-21-7-9-22(10-8-21)29(26,27)15-3-4-16(17(12-15)23(24)25)20-13-14-5-6-19-18(11-14)28-2/h3-6,11-12,20H,7-10,13H2,1-2H3. The summed E-state index contributed by atoms with van der Waals surface area (Å²) in [6.45, 7) is 2.25. The third-order valence-electron chi connectivity index (χ3n) is 4.76. The molecule has 2 aromatic rings. The average Bonchev–Trinajstić information content (AvgIpc) is 2.72. The summed E-state index contributed by atoms with van der Waals surface area (Å²) in [5.74, 6) is 0.437. The quantitative estimate of drug-likeness (QED) is 0.528. The van der Waals surface area contributed by atoms with E-state index in [4.69, 9.17) is 4.74 Å². The summed E-state index contributed by atoms with van der Waals surface area (Å²) in [6, 6.07) is 7.41. The molecule has 0 spiro atoms. The van der Waals surface area contributed by atoms with Crippen LogP contribution < -0.4 is 10.1 Å². The van der Waals surface area contributed by atoms with E-state index in [1.165, 1.54) is 23.5 Å². The number of piperazine rings is 1. The van der Waals surface area contributed by atoms with Crippen LogP contribution in [-0.2, 0) is 16.6 Å². The maximum Gasteiger partial charge on any atom is 0.293 e. The second kappa shape index (κ2) is 8.72. The molecular weight excluding hydrogens is 398 g/mol. The molecule has 11 heteroatoms. The Morgan fingerprint density at radius 3 is 2.59 bits per heavy atom. The zero-order valence-corrected chi connectivity index (χ0v) is 17.1. The van der Waals surface area contributed by atoms with Crippen molar-refractivity contribution in [1.82, 2.24) is 14.2 Å². The van der Waals surface area contributed by atoms with Gasteiger partial charge in [-0.2, -0.15) is 4.31 Å². The third kappa shape index (κ3) is 4.81. The Morgan fingerprint density at radius 1 is 1.21 bits per heavy atom. The normalized spacial score (nSPS) is 15.8. The number of anilines is 1. The molecule has 3 rings (SSSR count). The number of nitrogens with one attached hydrogen (secondary N) is 1. The Balaban J connectivity index is 1.82. The average molecular weight is 421 g/mol. The number of rotatable bonds is 7. The topological polar surface area (TPSA) is 118 Å².